The van der Waals surface area contributed by atoms with Crippen LogP contribution in [0, 0.1) is 13.8 Å². The third-order valence-electron chi connectivity index (χ3n) is 3.63. The van der Waals surface area contributed by atoms with Crippen LogP contribution in [-0.2, 0) is 0 Å². The van der Waals surface area contributed by atoms with Crippen molar-refractivity contribution in [2.45, 2.75) is 52.0 Å². The highest BCUT2D eigenvalue weighted by atomic mass is 14.9. The van der Waals surface area contributed by atoms with Crippen molar-refractivity contribution in [3.63, 3.8) is 0 Å². The second kappa shape index (κ2) is 4.77. The van der Waals surface area contributed by atoms with Gasteiger partial charge in [0, 0.05) is 6.04 Å². The first kappa shape index (κ1) is 11.3. The van der Waals surface area contributed by atoms with E-state index in [0.29, 0.717) is 6.04 Å². The van der Waals surface area contributed by atoms with Crippen LogP contribution < -0.4 is 11.1 Å². The summed E-state index contributed by atoms with van der Waals surface area (Å²) in [5.74, 6) is 0. The highest BCUT2D eigenvalue weighted by Gasteiger charge is 2.14. The number of nitrogens with one attached hydrogen (secondary N) is 1. The molecule has 1 aliphatic rings. The SMILES string of the molecule is Cc1cc(N)c(NC2CCCCC2)cc1C. The van der Waals surface area contributed by atoms with E-state index < -0.39 is 0 Å². The molecule has 1 aromatic carbocycles. The fraction of sp³-hybridized carbons (Fsp3) is 0.571. The van der Waals surface area contributed by atoms with E-state index in [1.807, 2.05) is 0 Å². The monoisotopic (exact) mass is 218 g/mol. The van der Waals surface area contributed by atoms with E-state index in [1.54, 1.807) is 0 Å². The maximum absolute atomic E-state index is 6.04. The van der Waals surface area contributed by atoms with E-state index >= 15 is 0 Å². The van der Waals surface area contributed by atoms with Crippen LogP contribution in [0.5, 0.6) is 0 Å². The Kier molecular flexibility index (Phi) is 3.37. The summed E-state index contributed by atoms with van der Waals surface area (Å²) in [7, 11) is 0. The van der Waals surface area contributed by atoms with Crippen molar-refractivity contribution in [2.75, 3.05) is 11.1 Å². The predicted octanol–water partition coefficient (Wildman–Crippen LogP) is 3.63. The minimum Gasteiger partial charge on any atom is -0.397 e. The molecule has 16 heavy (non-hydrogen) atoms. The Balaban J connectivity index is 2.11. The second-order valence-corrected chi connectivity index (χ2v) is 5.00. The zero-order valence-electron chi connectivity index (χ0n) is 10.3. The van der Waals surface area contributed by atoms with Crippen molar-refractivity contribution in [3.8, 4) is 0 Å². The fourth-order valence-electron chi connectivity index (χ4n) is 2.43. The number of nitrogen functional groups attached to an aromatic ring is 1. The van der Waals surface area contributed by atoms with Crippen LogP contribution in [-0.4, -0.2) is 6.04 Å². The molecule has 0 radical (unpaired) electrons. The Morgan fingerprint density at radius 2 is 1.69 bits per heavy atom. The van der Waals surface area contributed by atoms with Gasteiger partial charge in [0.1, 0.15) is 0 Å². The summed E-state index contributed by atoms with van der Waals surface area (Å²) in [6.45, 7) is 4.25. The van der Waals surface area contributed by atoms with Gasteiger partial charge in [-0.1, -0.05) is 19.3 Å². The van der Waals surface area contributed by atoms with E-state index in [4.69, 9.17) is 5.73 Å². The molecule has 3 N–H and O–H groups in total. The molecule has 2 heteroatoms. The number of nitrogens with two attached hydrogens (primary N) is 1. The van der Waals surface area contributed by atoms with Crippen LogP contribution in [0.1, 0.15) is 43.2 Å². The van der Waals surface area contributed by atoms with E-state index in [-0.39, 0.29) is 0 Å². The summed E-state index contributed by atoms with van der Waals surface area (Å²) in [5, 5.41) is 3.59. The van der Waals surface area contributed by atoms with Gasteiger partial charge in [-0.05, 0) is 49.9 Å². The van der Waals surface area contributed by atoms with Crippen LogP contribution in [0.3, 0.4) is 0 Å². The molecule has 88 valence electrons. The largest absolute Gasteiger partial charge is 0.397 e. The molecule has 1 aliphatic carbocycles. The molecule has 0 spiro atoms. The Morgan fingerprint density at radius 3 is 2.38 bits per heavy atom. The summed E-state index contributed by atoms with van der Waals surface area (Å²) < 4.78 is 0. The molecule has 0 heterocycles. The Hall–Kier alpha value is -1.18. The maximum Gasteiger partial charge on any atom is 0.0578 e. The first-order valence-electron chi connectivity index (χ1n) is 6.30. The number of hydrogen-bond donors (Lipinski definition) is 2. The zero-order valence-corrected chi connectivity index (χ0v) is 10.3. The smallest absolute Gasteiger partial charge is 0.0578 e. The lowest BCUT2D eigenvalue weighted by Gasteiger charge is -2.25. The summed E-state index contributed by atoms with van der Waals surface area (Å²) in [6.07, 6.45) is 6.66. The van der Waals surface area contributed by atoms with E-state index in [9.17, 15) is 0 Å². The van der Waals surface area contributed by atoms with E-state index in [1.165, 1.54) is 43.2 Å². The second-order valence-electron chi connectivity index (χ2n) is 5.00. The van der Waals surface area contributed by atoms with E-state index in [0.717, 1.165) is 11.4 Å². The van der Waals surface area contributed by atoms with Gasteiger partial charge in [0.15, 0.2) is 0 Å². The van der Waals surface area contributed by atoms with Crippen LogP contribution >= 0.6 is 0 Å². The molecule has 2 nitrogen and oxygen atoms in total. The summed E-state index contributed by atoms with van der Waals surface area (Å²) >= 11 is 0. The normalized spacial score (nSPS) is 17.4. The number of anilines is 2. The number of aryl methyl sites for hydroxylation is 2. The molecular formula is C14H22N2. The average Bonchev–Trinajstić information content (AvgIpc) is 2.27. The minimum absolute atomic E-state index is 0.623. The van der Waals surface area contributed by atoms with Crippen molar-refractivity contribution < 1.29 is 0 Å². The number of rotatable bonds is 2. The minimum atomic E-state index is 0.623. The highest BCUT2D eigenvalue weighted by Crippen LogP contribution is 2.27. The molecule has 0 atom stereocenters. The van der Waals surface area contributed by atoms with Gasteiger partial charge in [-0.25, -0.2) is 0 Å². The molecule has 2 rings (SSSR count). The van der Waals surface area contributed by atoms with Gasteiger partial charge in [0.05, 0.1) is 11.4 Å². The molecular weight excluding hydrogens is 196 g/mol. The fourth-order valence-corrected chi connectivity index (χ4v) is 2.43. The topological polar surface area (TPSA) is 38.0 Å². The Labute approximate surface area is 98.2 Å². The van der Waals surface area contributed by atoms with Crippen molar-refractivity contribution in [1.29, 1.82) is 0 Å². The van der Waals surface area contributed by atoms with E-state index in [2.05, 4.69) is 31.3 Å². The van der Waals surface area contributed by atoms with Gasteiger partial charge in [-0.2, -0.15) is 0 Å². The maximum atomic E-state index is 6.04. The first-order valence-corrected chi connectivity index (χ1v) is 6.30. The van der Waals surface area contributed by atoms with Crippen LogP contribution in [0.2, 0.25) is 0 Å². The van der Waals surface area contributed by atoms with Gasteiger partial charge in [-0.3, -0.25) is 0 Å². The Morgan fingerprint density at radius 1 is 1.06 bits per heavy atom. The lowest BCUT2D eigenvalue weighted by Crippen LogP contribution is -2.22. The van der Waals surface area contributed by atoms with Gasteiger partial charge in [0.2, 0.25) is 0 Å². The van der Waals surface area contributed by atoms with Gasteiger partial charge < -0.3 is 11.1 Å². The van der Waals surface area contributed by atoms with Gasteiger partial charge >= 0.3 is 0 Å². The average molecular weight is 218 g/mol. The van der Waals surface area contributed by atoms with Crippen molar-refractivity contribution in [2.24, 2.45) is 0 Å². The lowest BCUT2D eigenvalue weighted by molar-refractivity contribution is 0.463. The molecule has 1 aromatic rings. The predicted molar refractivity (Wildman–Crippen MR) is 70.8 cm³/mol. The Bertz CT molecular complexity index is 365. The molecule has 0 amide bonds. The van der Waals surface area contributed by atoms with Gasteiger partial charge in [-0.15, -0.1) is 0 Å². The number of hydrogen-bond acceptors (Lipinski definition) is 2. The first-order chi connectivity index (χ1) is 7.66. The molecule has 0 bridgehead atoms. The molecule has 0 saturated heterocycles. The number of benzene rings is 1. The third kappa shape index (κ3) is 2.49. The van der Waals surface area contributed by atoms with Crippen molar-refractivity contribution in [1.82, 2.24) is 0 Å². The van der Waals surface area contributed by atoms with Crippen LogP contribution in [0.4, 0.5) is 11.4 Å². The van der Waals surface area contributed by atoms with Crippen molar-refractivity contribution in [3.05, 3.63) is 23.3 Å². The summed E-state index contributed by atoms with van der Waals surface area (Å²) in [5.41, 5.74) is 10.6. The van der Waals surface area contributed by atoms with Crippen LogP contribution in [0.15, 0.2) is 12.1 Å². The lowest BCUT2D eigenvalue weighted by atomic mass is 9.95. The quantitative estimate of drug-likeness (QED) is 0.744. The highest BCUT2D eigenvalue weighted by molar-refractivity contribution is 5.68. The third-order valence-corrected chi connectivity index (χ3v) is 3.63. The van der Waals surface area contributed by atoms with Crippen molar-refractivity contribution >= 4 is 11.4 Å². The zero-order chi connectivity index (χ0) is 11.5. The molecule has 0 aliphatic heterocycles. The summed E-state index contributed by atoms with van der Waals surface area (Å²) in [4.78, 5) is 0. The molecule has 1 saturated carbocycles. The molecule has 1 fully saturated rings. The molecule has 0 aromatic heterocycles. The standard InChI is InChI=1S/C14H22N2/c1-10-8-13(15)14(9-11(10)2)16-12-6-4-3-5-7-12/h8-9,12,16H,3-7,15H2,1-2H3. The molecule has 0 unspecified atom stereocenters. The van der Waals surface area contributed by atoms with Crippen LogP contribution in [0.25, 0.3) is 0 Å². The summed E-state index contributed by atoms with van der Waals surface area (Å²) in [6, 6.07) is 4.87. The van der Waals surface area contributed by atoms with Gasteiger partial charge in [0.25, 0.3) is 0 Å².